The average molecular weight is 323 g/mol. The van der Waals surface area contributed by atoms with Crippen LogP contribution in [0.4, 0.5) is 4.79 Å². The minimum absolute atomic E-state index is 0.0258. The van der Waals surface area contributed by atoms with Crippen LogP contribution in [0.15, 0.2) is 17.5 Å². The van der Waals surface area contributed by atoms with Crippen LogP contribution in [0.5, 0.6) is 0 Å². The Labute approximate surface area is 135 Å². The number of urea groups is 1. The molecular formula is C16H25N3O2S. The first-order chi connectivity index (χ1) is 10.7. The Kier molecular flexibility index (Phi) is 6.71. The molecule has 0 saturated heterocycles. The zero-order valence-electron chi connectivity index (χ0n) is 13.1. The maximum atomic E-state index is 12.1. The summed E-state index contributed by atoms with van der Waals surface area (Å²) in [5.74, 6) is 0.0371. The molecule has 1 heterocycles. The largest absolute Gasteiger partial charge is 0.351 e. The second-order valence-electron chi connectivity index (χ2n) is 5.72. The van der Waals surface area contributed by atoms with Gasteiger partial charge >= 0.3 is 6.03 Å². The number of amides is 3. The Morgan fingerprint density at radius 1 is 1.23 bits per heavy atom. The summed E-state index contributed by atoms with van der Waals surface area (Å²) in [4.78, 5) is 25.0. The van der Waals surface area contributed by atoms with E-state index in [1.165, 1.54) is 0 Å². The van der Waals surface area contributed by atoms with Gasteiger partial charge < -0.3 is 16.0 Å². The average Bonchev–Trinajstić information content (AvgIpc) is 3.00. The summed E-state index contributed by atoms with van der Waals surface area (Å²) in [7, 11) is 0. The summed E-state index contributed by atoms with van der Waals surface area (Å²) >= 11 is 1.59. The van der Waals surface area contributed by atoms with Crippen molar-refractivity contribution >= 4 is 23.3 Å². The van der Waals surface area contributed by atoms with E-state index in [1.54, 1.807) is 11.3 Å². The highest BCUT2D eigenvalue weighted by Gasteiger charge is 2.27. The maximum absolute atomic E-state index is 12.1. The fourth-order valence-electron chi connectivity index (χ4n) is 2.76. The van der Waals surface area contributed by atoms with Gasteiger partial charge in [-0.25, -0.2) is 4.79 Å². The summed E-state index contributed by atoms with van der Waals surface area (Å²) in [6.07, 6.45) is 5.37. The first-order valence-electron chi connectivity index (χ1n) is 8.05. The number of hydrogen-bond acceptors (Lipinski definition) is 3. The number of hydrogen-bond donors (Lipinski definition) is 3. The van der Waals surface area contributed by atoms with Gasteiger partial charge in [-0.3, -0.25) is 4.79 Å². The molecule has 3 N–H and O–H groups in total. The molecule has 2 atom stereocenters. The molecule has 1 saturated carbocycles. The molecule has 3 amide bonds. The fourth-order valence-corrected chi connectivity index (χ4v) is 3.47. The van der Waals surface area contributed by atoms with Crippen molar-refractivity contribution in [1.82, 2.24) is 16.0 Å². The number of nitrogens with one attached hydrogen (secondary N) is 3. The van der Waals surface area contributed by atoms with Crippen molar-refractivity contribution in [3.63, 3.8) is 0 Å². The van der Waals surface area contributed by atoms with Gasteiger partial charge in [0.05, 0.1) is 12.5 Å². The van der Waals surface area contributed by atoms with Gasteiger partial charge in [-0.2, -0.15) is 0 Å². The lowest BCUT2D eigenvalue weighted by atomic mass is 9.90. The highest BCUT2D eigenvalue weighted by Crippen LogP contribution is 2.19. The molecule has 2 unspecified atom stereocenters. The monoisotopic (exact) mass is 323 g/mol. The lowest BCUT2D eigenvalue weighted by molar-refractivity contribution is -0.121. The smallest absolute Gasteiger partial charge is 0.315 e. The lowest BCUT2D eigenvalue weighted by Gasteiger charge is -2.32. The van der Waals surface area contributed by atoms with Gasteiger partial charge in [-0.15, -0.1) is 11.3 Å². The van der Waals surface area contributed by atoms with E-state index in [2.05, 4.69) is 16.0 Å². The van der Waals surface area contributed by atoms with E-state index < -0.39 is 0 Å². The number of carbonyl (C=O) groups excluding carboxylic acids is 2. The van der Waals surface area contributed by atoms with Crippen LogP contribution in [-0.2, 0) is 11.2 Å². The van der Waals surface area contributed by atoms with E-state index in [9.17, 15) is 9.59 Å². The van der Waals surface area contributed by atoms with E-state index in [-0.39, 0.29) is 24.0 Å². The minimum atomic E-state index is -0.133. The van der Waals surface area contributed by atoms with Crippen molar-refractivity contribution in [3.8, 4) is 0 Å². The predicted octanol–water partition coefficient (Wildman–Crippen LogP) is 2.43. The van der Waals surface area contributed by atoms with Crippen molar-refractivity contribution in [1.29, 1.82) is 0 Å². The number of thiophene rings is 1. The molecule has 1 aliphatic carbocycles. The molecule has 2 rings (SSSR count). The molecule has 5 nitrogen and oxygen atoms in total. The Bertz CT molecular complexity index is 476. The quantitative estimate of drug-likeness (QED) is 0.752. The SMILES string of the molecule is CCCNC(=O)NC1CCCCC1NC(=O)Cc1cccs1. The molecule has 1 aromatic rings. The van der Waals surface area contributed by atoms with Gasteiger partial charge in [-0.05, 0) is 30.7 Å². The Morgan fingerprint density at radius 2 is 1.95 bits per heavy atom. The van der Waals surface area contributed by atoms with E-state index in [1.807, 2.05) is 24.4 Å². The van der Waals surface area contributed by atoms with Gasteiger partial charge in [0, 0.05) is 17.5 Å². The molecule has 0 aromatic carbocycles. The molecule has 122 valence electrons. The summed E-state index contributed by atoms with van der Waals surface area (Å²) in [5, 5.41) is 10.9. The van der Waals surface area contributed by atoms with Crippen LogP contribution in [-0.4, -0.2) is 30.6 Å². The van der Waals surface area contributed by atoms with Crippen LogP contribution >= 0.6 is 11.3 Å². The van der Waals surface area contributed by atoms with Crippen molar-refractivity contribution in [2.24, 2.45) is 0 Å². The third-order valence-electron chi connectivity index (χ3n) is 3.88. The molecule has 6 heteroatoms. The maximum Gasteiger partial charge on any atom is 0.315 e. The van der Waals surface area contributed by atoms with Crippen LogP contribution < -0.4 is 16.0 Å². The molecule has 0 spiro atoms. The van der Waals surface area contributed by atoms with Gasteiger partial charge in [0.1, 0.15) is 0 Å². The third-order valence-corrected chi connectivity index (χ3v) is 4.76. The molecule has 0 aliphatic heterocycles. The van der Waals surface area contributed by atoms with Gasteiger partial charge in [0.2, 0.25) is 5.91 Å². The summed E-state index contributed by atoms with van der Waals surface area (Å²) in [5.41, 5.74) is 0. The van der Waals surface area contributed by atoms with E-state index in [4.69, 9.17) is 0 Å². The Balaban J connectivity index is 1.83. The second-order valence-corrected chi connectivity index (χ2v) is 6.75. The Hall–Kier alpha value is -1.56. The summed E-state index contributed by atoms with van der Waals surface area (Å²) in [6.45, 7) is 2.70. The van der Waals surface area contributed by atoms with E-state index in [0.717, 1.165) is 37.0 Å². The number of rotatable bonds is 6. The summed E-state index contributed by atoms with van der Waals surface area (Å²) < 4.78 is 0. The molecule has 1 fully saturated rings. The lowest BCUT2D eigenvalue weighted by Crippen LogP contribution is -2.55. The molecular weight excluding hydrogens is 298 g/mol. The standard InChI is InChI=1S/C16H25N3O2S/c1-2-9-17-16(21)19-14-8-4-3-7-13(14)18-15(20)11-12-6-5-10-22-12/h5-6,10,13-14H,2-4,7-9,11H2,1H3,(H,18,20)(H2,17,19,21). The zero-order valence-corrected chi connectivity index (χ0v) is 13.9. The van der Waals surface area contributed by atoms with Crippen LogP contribution in [0, 0.1) is 0 Å². The van der Waals surface area contributed by atoms with Crippen LogP contribution in [0.1, 0.15) is 43.9 Å². The topological polar surface area (TPSA) is 70.2 Å². The second kappa shape index (κ2) is 8.78. The first kappa shape index (κ1) is 16.8. The van der Waals surface area contributed by atoms with Crippen molar-refractivity contribution < 1.29 is 9.59 Å². The van der Waals surface area contributed by atoms with Gasteiger partial charge in [0.15, 0.2) is 0 Å². The molecule has 22 heavy (non-hydrogen) atoms. The molecule has 1 aliphatic rings. The summed E-state index contributed by atoms with van der Waals surface area (Å²) in [6, 6.07) is 3.85. The van der Waals surface area contributed by atoms with E-state index in [0.29, 0.717) is 13.0 Å². The van der Waals surface area contributed by atoms with Gasteiger partial charge in [0.25, 0.3) is 0 Å². The molecule has 1 aromatic heterocycles. The Morgan fingerprint density at radius 3 is 2.59 bits per heavy atom. The van der Waals surface area contributed by atoms with Gasteiger partial charge in [-0.1, -0.05) is 25.8 Å². The van der Waals surface area contributed by atoms with Crippen molar-refractivity contribution in [2.75, 3.05) is 6.54 Å². The van der Waals surface area contributed by atoms with Crippen molar-refractivity contribution in [2.45, 2.75) is 57.5 Å². The fraction of sp³-hybridized carbons (Fsp3) is 0.625. The third kappa shape index (κ3) is 5.33. The van der Waals surface area contributed by atoms with Crippen LogP contribution in [0.2, 0.25) is 0 Å². The zero-order chi connectivity index (χ0) is 15.8. The predicted molar refractivity (Wildman–Crippen MR) is 89.0 cm³/mol. The normalized spacial score (nSPS) is 21.1. The highest BCUT2D eigenvalue weighted by molar-refractivity contribution is 7.10. The number of carbonyl (C=O) groups is 2. The molecule has 0 bridgehead atoms. The highest BCUT2D eigenvalue weighted by atomic mass is 32.1. The molecule has 0 radical (unpaired) electrons. The minimum Gasteiger partial charge on any atom is -0.351 e. The van der Waals surface area contributed by atoms with E-state index >= 15 is 0 Å². The first-order valence-corrected chi connectivity index (χ1v) is 8.93. The van der Waals surface area contributed by atoms with Crippen LogP contribution in [0.25, 0.3) is 0 Å². The van der Waals surface area contributed by atoms with Crippen LogP contribution in [0.3, 0.4) is 0 Å². The van der Waals surface area contributed by atoms with Crippen molar-refractivity contribution in [3.05, 3.63) is 22.4 Å².